The molecule has 0 aromatic heterocycles. The Morgan fingerprint density at radius 2 is 2.21 bits per heavy atom. The Balaban J connectivity index is 2.08. The summed E-state index contributed by atoms with van der Waals surface area (Å²) in [5, 5.41) is 6.53. The lowest BCUT2D eigenvalue weighted by atomic mass is 9.90. The van der Waals surface area contributed by atoms with Crippen molar-refractivity contribution in [3.05, 3.63) is 35.4 Å². The molecule has 0 radical (unpaired) electrons. The zero-order valence-corrected chi connectivity index (χ0v) is 11.9. The monoisotopic (exact) mass is 260 g/mol. The molecule has 1 heterocycles. The largest absolute Gasteiger partial charge is 0.353 e. The van der Waals surface area contributed by atoms with Crippen LogP contribution in [0.4, 0.5) is 0 Å². The Morgan fingerprint density at radius 3 is 2.95 bits per heavy atom. The van der Waals surface area contributed by atoms with Crippen LogP contribution in [0.2, 0.25) is 0 Å². The SMILES string of the molecule is CCCC(CC)NC(=O)C1CNCc2ccccc21. The van der Waals surface area contributed by atoms with Crippen molar-refractivity contribution in [3.63, 3.8) is 0 Å². The Kier molecular flexibility index (Phi) is 4.97. The van der Waals surface area contributed by atoms with Gasteiger partial charge in [0.2, 0.25) is 5.91 Å². The molecule has 1 aliphatic heterocycles. The summed E-state index contributed by atoms with van der Waals surface area (Å²) in [6.45, 7) is 5.90. The lowest BCUT2D eigenvalue weighted by molar-refractivity contribution is -0.123. The number of nitrogens with one attached hydrogen (secondary N) is 2. The van der Waals surface area contributed by atoms with E-state index in [1.165, 1.54) is 11.1 Å². The average Bonchev–Trinajstić information content (AvgIpc) is 2.46. The van der Waals surface area contributed by atoms with Gasteiger partial charge in [0.15, 0.2) is 0 Å². The Morgan fingerprint density at radius 1 is 1.42 bits per heavy atom. The molecular formula is C16H24N2O. The van der Waals surface area contributed by atoms with Crippen molar-refractivity contribution in [2.45, 2.75) is 51.6 Å². The molecule has 0 aliphatic carbocycles. The molecule has 1 amide bonds. The molecular weight excluding hydrogens is 236 g/mol. The minimum Gasteiger partial charge on any atom is -0.353 e. The zero-order chi connectivity index (χ0) is 13.7. The molecule has 2 atom stereocenters. The van der Waals surface area contributed by atoms with Crippen LogP contribution in [0.5, 0.6) is 0 Å². The van der Waals surface area contributed by atoms with E-state index in [0.29, 0.717) is 6.04 Å². The summed E-state index contributed by atoms with van der Waals surface area (Å²) in [4.78, 5) is 12.5. The molecule has 104 valence electrons. The first-order valence-electron chi connectivity index (χ1n) is 7.35. The van der Waals surface area contributed by atoms with Crippen LogP contribution in [0.3, 0.4) is 0 Å². The summed E-state index contributed by atoms with van der Waals surface area (Å²) in [7, 11) is 0. The van der Waals surface area contributed by atoms with Gasteiger partial charge in [0.1, 0.15) is 0 Å². The van der Waals surface area contributed by atoms with Gasteiger partial charge in [0.25, 0.3) is 0 Å². The third kappa shape index (κ3) is 3.35. The Bertz CT molecular complexity index is 431. The van der Waals surface area contributed by atoms with Crippen LogP contribution >= 0.6 is 0 Å². The van der Waals surface area contributed by atoms with Crippen LogP contribution in [0.15, 0.2) is 24.3 Å². The second kappa shape index (κ2) is 6.71. The predicted molar refractivity (Wildman–Crippen MR) is 78.0 cm³/mol. The van der Waals surface area contributed by atoms with E-state index in [1.807, 2.05) is 12.1 Å². The number of rotatable bonds is 5. The second-order valence-electron chi connectivity index (χ2n) is 5.28. The predicted octanol–water partition coefficient (Wildman–Crippen LogP) is 2.57. The lowest BCUT2D eigenvalue weighted by Gasteiger charge is -2.27. The van der Waals surface area contributed by atoms with Crippen molar-refractivity contribution in [1.29, 1.82) is 0 Å². The first kappa shape index (κ1) is 14.1. The number of hydrogen-bond donors (Lipinski definition) is 2. The van der Waals surface area contributed by atoms with E-state index >= 15 is 0 Å². The van der Waals surface area contributed by atoms with E-state index in [0.717, 1.165) is 32.4 Å². The topological polar surface area (TPSA) is 41.1 Å². The van der Waals surface area contributed by atoms with Crippen LogP contribution in [0.1, 0.15) is 50.2 Å². The van der Waals surface area contributed by atoms with Crippen molar-refractivity contribution in [2.75, 3.05) is 6.54 Å². The Labute approximate surface area is 115 Å². The van der Waals surface area contributed by atoms with Gasteiger partial charge in [-0.05, 0) is 24.0 Å². The maximum absolute atomic E-state index is 12.5. The van der Waals surface area contributed by atoms with E-state index in [9.17, 15) is 4.79 Å². The van der Waals surface area contributed by atoms with Gasteiger partial charge in [-0.3, -0.25) is 4.79 Å². The summed E-state index contributed by atoms with van der Waals surface area (Å²) < 4.78 is 0. The summed E-state index contributed by atoms with van der Waals surface area (Å²) >= 11 is 0. The quantitative estimate of drug-likeness (QED) is 0.854. The minimum atomic E-state index is -0.0455. The molecule has 0 bridgehead atoms. The van der Waals surface area contributed by atoms with Crippen molar-refractivity contribution >= 4 is 5.91 Å². The van der Waals surface area contributed by atoms with Crippen molar-refractivity contribution in [1.82, 2.24) is 10.6 Å². The normalized spacial score (nSPS) is 19.6. The summed E-state index contributed by atoms with van der Waals surface area (Å²) in [5.41, 5.74) is 2.43. The molecule has 2 unspecified atom stereocenters. The lowest BCUT2D eigenvalue weighted by Crippen LogP contribution is -2.42. The number of carbonyl (C=O) groups is 1. The van der Waals surface area contributed by atoms with Crippen molar-refractivity contribution in [2.24, 2.45) is 0 Å². The van der Waals surface area contributed by atoms with Gasteiger partial charge >= 0.3 is 0 Å². The molecule has 0 saturated carbocycles. The first-order chi connectivity index (χ1) is 9.26. The fourth-order valence-electron chi connectivity index (χ4n) is 2.76. The number of fused-ring (bicyclic) bond motifs is 1. The fourth-order valence-corrected chi connectivity index (χ4v) is 2.76. The standard InChI is InChI=1S/C16H24N2O/c1-3-7-13(4-2)18-16(19)15-11-17-10-12-8-5-6-9-14(12)15/h5-6,8-9,13,15,17H,3-4,7,10-11H2,1-2H3,(H,18,19). The van der Waals surface area contributed by atoms with Gasteiger partial charge in [-0.2, -0.15) is 0 Å². The zero-order valence-electron chi connectivity index (χ0n) is 11.9. The molecule has 1 aliphatic rings. The molecule has 2 N–H and O–H groups in total. The van der Waals surface area contributed by atoms with E-state index in [4.69, 9.17) is 0 Å². The maximum atomic E-state index is 12.5. The van der Waals surface area contributed by atoms with Gasteiger partial charge < -0.3 is 10.6 Å². The van der Waals surface area contributed by atoms with Crippen molar-refractivity contribution in [3.8, 4) is 0 Å². The van der Waals surface area contributed by atoms with Crippen LogP contribution < -0.4 is 10.6 Å². The summed E-state index contributed by atoms with van der Waals surface area (Å²) in [6.07, 6.45) is 3.17. The molecule has 3 heteroatoms. The average molecular weight is 260 g/mol. The smallest absolute Gasteiger partial charge is 0.229 e. The molecule has 19 heavy (non-hydrogen) atoms. The highest BCUT2D eigenvalue weighted by Gasteiger charge is 2.26. The fraction of sp³-hybridized carbons (Fsp3) is 0.562. The maximum Gasteiger partial charge on any atom is 0.229 e. The van der Waals surface area contributed by atoms with Gasteiger partial charge in [0, 0.05) is 19.1 Å². The summed E-state index contributed by atoms with van der Waals surface area (Å²) in [6, 6.07) is 8.55. The van der Waals surface area contributed by atoms with E-state index < -0.39 is 0 Å². The first-order valence-corrected chi connectivity index (χ1v) is 7.35. The van der Waals surface area contributed by atoms with Crippen LogP contribution in [-0.4, -0.2) is 18.5 Å². The van der Waals surface area contributed by atoms with E-state index in [2.05, 4.69) is 36.6 Å². The van der Waals surface area contributed by atoms with Crippen molar-refractivity contribution < 1.29 is 4.79 Å². The molecule has 1 aromatic carbocycles. The highest BCUT2D eigenvalue weighted by molar-refractivity contribution is 5.84. The number of benzene rings is 1. The molecule has 1 aromatic rings. The van der Waals surface area contributed by atoms with Gasteiger partial charge in [-0.1, -0.05) is 44.5 Å². The van der Waals surface area contributed by atoms with Gasteiger partial charge in [-0.25, -0.2) is 0 Å². The van der Waals surface area contributed by atoms with Gasteiger partial charge in [0.05, 0.1) is 5.92 Å². The van der Waals surface area contributed by atoms with E-state index in [1.54, 1.807) is 0 Å². The molecule has 0 saturated heterocycles. The number of amides is 1. The molecule has 0 spiro atoms. The minimum absolute atomic E-state index is 0.0455. The molecule has 0 fully saturated rings. The number of carbonyl (C=O) groups excluding carboxylic acids is 1. The highest BCUT2D eigenvalue weighted by Crippen LogP contribution is 2.24. The molecule has 2 rings (SSSR count). The van der Waals surface area contributed by atoms with Gasteiger partial charge in [-0.15, -0.1) is 0 Å². The molecule has 3 nitrogen and oxygen atoms in total. The third-order valence-corrected chi connectivity index (χ3v) is 3.89. The third-order valence-electron chi connectivity index (χ3n) is 3.89. The van der Waals surface area contributed by atoms with Crippen LogP contribution in [0, 0.1) is 0 Å². The summed E-state index contributed by atoms with van der Waals surface area (Å²) in [5.74, 6) is 0.121. The highest BCUT2D eigenvalue weighted by atomic mass is 16.2. The Hall–Kier alpha value is -1.35. The van der Waals surface area contributed by atoms with Crippen LogP contribution in [0.25, 0.3) is 0 Å². The van der Waals surface area contributed by atoms with E-state index in [-0.39, 0.29) is 11.8 Å². The van der Waals surface area contributed by atoms with Crippen LogP contribution in [-0.2, 0) is 11.3 Å². The second-order valence-corrected chi connectivity index (χ2v) is 5.28. The number of hydrogen-bond acceptors (Lipinski definition) is 2.